The van der Waals surface area contributed by atoms with Gasteiger partial charge in [-0.15, -0.1) is 10.2 Å². The summed E-state index contributed by atoms with van der Waals surface area (Å²) in [5.41, 5.74) is 3.15. The van der Waals surface area contributed by atoms with Crippen molar-refractivity contribution in [3.8, 4) is 17.1 Å². The molecule has 0 aliphatic carbocycles. The lowest BCUT2D eigenvalue weighted by Crippen LogP contribution is -2.15. The van der Waals surface area contributed by atoms with Crippen LogP contribution in [-0.2, 0) is 12.3 Å². The van der Waals surface area contributed by atoms with Gasteiger partial charge in [-0.3, -0.25) is 13.8 Å². The Bertz CT molecular complexity index is 1470. The number of thioether (sulfide) groups is 1. The van der Waals surface area contributed by atoms with Crippen molar-refractivity contribution in [2.75, 3.05) is 7.11 Å². The van der Waals surface area contributed by atoms with Gasteiger partial charge in [-0.25, -0.2) is 4.98 Å². The molecule has 5 rings (SSSR count). The van der Waals surface area contributed by atoms with Gasteiger partial charge in [0.05, 0.1) is 25.6 Å². The molecule has 5 aromatic rings. The minimum absolute atomic E-state index is 0.107. The van der Waals surface area contributed by atoms with Crippen LogP contribution in [0.1, 0.15) is 17.0 Å². The Kier molecular flexibility index (Phi) is 5.70. The average molecular weight is 460 g/mol. The van der Waals surface area contributed by atoms with E-state index in [0.717, 1.165) is 22.6 Å². The van der Waals surface area contributed by atoms with Gasteiger partial charge >= 0.3 is 0 Å². The maximum absolute atomic E-state index is 12.5. The second-order valence-electron chi connectivity index (χ2n) is 7.51. The zero-order valence-corrected chi connectivity index (χ0v) is 19.0. The molecule has 0 saturated heterocycles. The molecule has 33 heavy (non-hydrogen) atoms. The molecule has 0 amide bonds. The molecule has 4 aromatic heterocycles. The minimum Gasteiger partial charge on any atom is -0.497 e. The molecule has 0 aliphatic heterocycles. The third-order valence-corrected chi connectivity index (χ3v) is 6.16. The fraction of sp³-hybridized carbons (Fsp3) is 0.167. The highest BCUT2D eigenvalue weighted by Crippen LogP contribution is 2.29. The number of benzene rings is 1. The number of rotatable bonds is 7. The molecule has 9 heteroatoms. The smallest absolute Gasteiger partial charge is 0.258 e. The summed E-state index contributed by atoms with van der Waals surface area (Å²) < 4.78 is 14.5. The van der Waals surface area contributed by atoms with E-state index >= 15 is 0 Å². The first-order valence-electron chi connectivity index (χ1n) is 10.3. The Morgan fingerprint density at radius 3 is 2.82 bits per heavy atom. The van der Waals surface area contributed by atoms with Crippen molar-refractivity contribution in [2.45, 2.75) is 24.4 Å². The van der Waals surface area contributed by atoms with Gasteiger partial charge in [-0.05, 0) is 48.9 Å². The molecule has 0 N–H and O–H groups in total. The van der Waals surface area contributed by atoms with Crippen LogP contribution in [0, 0.1) is 6.92 Å². The van der Waals surface area contributed by atoms with E-state index in [4.69, 9.17) is 9.15 Å². The lowest BCUT2D eigenvalue weighted by Gasteiger charge is -2.10. The van der Waals surface area contributed by atoms with E-state index in [9.17, 15) is 4.79 Å². The zero-order chi connectivity index (χ0) is 22.8. The third-order valence-electron chi connectivity index (χ3n) is 5.16. The highest BCUT2D eigenvalue weighted by molar-refractivity contribution is 7.98. The number of hydrogen-bond acceptors (Lipinski definition) is 7. The molecule has 0 unspecified atom stereocenters. The minimum atomic E-state index is -0.107. The van der Waals surface area contributed by atoms with Crippen LogP contribution in [0.25, 0.3) is 17.0 Å². The molecule has 0 spiro atoms. The standard InChI is InChI=1S/C24H21N5O3S/c1-16-8-9-28-21(11-16)25-18(13-22(28)30)15-33-24-27-26-23(17-5-3-6-19(12-17)31-2)29(24)14-20-7-4-10-32-20/h3-13H,14-15H2,1-2H3. The summed E-state index contributed by atoms with van der Waals surface area (Å²) in [6.07, 6.45) is 3.39. The van der Waals surface area contributed by atoms with E-state index in [-0.39, 0.29) is 5.56 Å². The van der Waals surface area contributed by atoms with Crippen molar-refractivity contribution in [2.24, 2.45) is 0 Å². The van der Waals surface area contributed by atoms with Crippen LogP contribution in [0.3, 0.4) is 0 Å². The number of methoxy groups -OCH3 is 1. The Morgan fingerprint density at radius 1 is 1.09 bits per heavy atom. The number of hydrogen-bond donors (Lipinski definition) is 0. The van der Waals surface area contributed by atoms with Crippen molar-refractivity contribution in [1.82, 2.24) is 24.1 Å². The molecule has 0 atom stereocenters. The largest absolute Gasteiger partial charge is 0.497 e. The summed E-state index contributed by atoms with van der Waals surface area (Å²) >= 11 is 1.47. The summed E-state index contributed by atoms with van der Waals surface area (Å²) in [5.74, 6) is 2.72. The number of fused-ring (bicyclic) bond motifs is 1. The highest BCUT2D eigenvalue weighted by Gasteiger charge is 2.17. The van der Waals surface area contributed by atoms with Crippen molar-refractivity contribution >= 4 is 17.4 Å². The second-order valence-corrected chi connectivity index (χ2v) is 8.45. The van der Waals surface area contributed by atoms with E-state index in [1.165, 1.54) is 11.8 Å². The molecule has 8 nitrogen and oxygen atoms in total. The first kappa shape index (κ1) is 21.0. The lowest BCUT2D eigenvalue weighted by molar-refractivity contribution is 0.415. The van der Waals surface area contributed by atoms with Crippen LogP contribution in [0.15, 0.2) is 81.4 Å². The van der Waals surface area contributed by atoms with Crippen LogP contribution in [-0.4, -0.2) is 31.3 Å². The molecule has 0 saturated carbocycles. The van der Waals surface area contributed by atoms with Crippen LogP contribution >= 0.6 is 11.8 Å². The Morgan fingerprint density at radius 2 is 2.00 bits per heavy atom. The highest BCUT2D eigenvalue weighted by atomic mass is 32.2. The second kappa shape index (κ2) is 8.95. The van der Waals surface area contributed by atoms with Crippen LogP contribution < -0.4 is 10.3 Å². The normalized spacial score (nSPS) is 11.2. The van der Waals surface area contributed by atoms with Crippen molar-refractivity contribution in [1.29, 1.82) is 0 Å². The van der Waals surface area contributed by atoms with Gasteiger partial charge < -0.3 is 9.15 Å². The Hall–Kier alpha value is -3.85. The molecule has 166 valence electrons. The fourth-order valence-corrected chi connectivity index (χ4v) is 4.37. The zero-order valence-electron chi connectivity index (χ0n) is 18.1. The summed E-state index contributed by atoms with van der Waals surface area (Å²) in [7, 11) is 1.63. The first-order chi connectivity index (χ1) is 16.1. The van der Waals surface area contributed by atoms with Gasteiger partial charge in [0.2, 0.25) is 0 Å². The molecule has 0 fully saturated rings. The Balaban J connectivity index is 1.48. The van der Waals surface area contributed by atoms with Gasteiger partial charge in [0.25, 0.3) is 5.56 Å². The SMILES string of the molecule is COc1cccc(-c2nnc(SCc3cc(=O)n4ccc(C)cc4n3)n2Cc2ccco2)c1. The molecule has 0 radical (unpaired) electrons. The predicted molar refractivity (Wildman–Crippen MR) is 126 cm³/mol. The quantitative estimate of drug-likeness (QED) is 0.337. The van der Waals surface area contributed by atoms with E-state index < -0.39 is 0 Å². The van der Waals surface area contributed by atoms with Crippen LogP contribution in [0.4, 0.5) is 0 Å². The van der Waals surface area contributed by atoms with Gasteiger partial charge in [0, 0.05) is 23.6 Å². The summed E-state index contributed by atoms with van der Waals surface area (Å²) in [6.45, 7) is 2.45. The van der Waals surface area contributed by atoms with E-state index in [1.807, 2.05) is 60.0 Å². The number of ether oxygens (including phenoxy) is 1. The number of aryl methyl sites for hydroxylation is 1. The lowest BCUT2D eigenvalue weighted by atomic mass is 10.2. The monoisotopic (exact) mass is 459 g/mol. The number of aromatic nitrogens is 5. The predicted octanol–water partition coefficient (Wildman–Crippen LogP) is 4.20. The third kappa shape index (κ3) is 4.40. The molecular weight excluding hydrogens is 438 g/mol. The topological polar surface area (TPSA) is 87.5 Å². The van der Waals surface area contributed by atoms with Crippen LogP contribution in [0.5, 0.6) is 5.75 Å². The molecule has 4 heterocycles. The Labute approximate surface area is 193 Å². The van der Waals surface area contributed by atoms with Gasteiger partial charge in [-0.2, -0.15) is 0 Å². The number of nitrogens with zero attached hydrogens (tertiary/aromatic N) is 5. The fourth-order valence-electron chi connectivity index (χ4n) is 3.54. The van der Waals surface area contributed by atoms with E-state index in [0.29, 0.717) is 34.6 Å². The summed E-state index contributed by atoms with van der Waals surface area (Å²) in [6, 6.07) is 16.8. The summed E-state index contributed by atoms with van der Waals surface area (Å²) in [5, 5.41) is 9.57. The van der Waals surface area contributed by atoms with Crippen molar-refractivity contribution < 1.29 is 9.15 Å². The maximum Gasteiger partial charge on any atom is 0.258 e. The van der Waals surface area contributed by atoms with Gasteiger partial charge in [0.1, 0.15) is 17.2 Å². The molecule has 0 bridgehead atoms. The molecule has 1 aromatic carbocycles. The molecular formula is C24H21N5O3S. The van der Waals surface area contributed by atoms with Gasteiger partial charge in [0.15, 0.2) is 11.0 Å². The first-order valence-corrected chi connectivity index (χ1v) is 11.3. The number of pyridine rings is 1. The van der Waals surface area contributed by atoms with E-state index in [2.05, 4.69) is 15.2 Å². The van der Waals surface area contributed by atoms with Crippen LogP contribution in [0.2, 0.25) is 0 Å². The molecule has 0 aliphatic rings. The van der Waals surface area contributed by atoms with Crippen molar-refractivity contribution in [3.05, 3.63) is 94.4 Å². The van der Waals surface area contributed by atoms with Gasteiger partial charge in [-0.1, -0.05) is 23.9 Å². The number of furan rings is 1. The maximum atomic E-state index is 12.5. The average Bonchev–Trinajstić information content (AvgIpc) is 3.48. The van der Waals surface area contributed by atoms with Crippen molar-refractivity contribution in [3.63, 3.8) is 0 Å². The van der Waals surface area contributed by atoms with E-state index in [1.54, 1.807) is 30.0 Å². The summed E-state index contributed by atoms with van der Waals surface area (Å²) in [4.78, 5) is 17.2.